The van der Waals surface area contributed by atoms with Crippen molar-refractivity contribution in [1.29, 1.82) is 0 Å². The number of aliphatic hydroxyl groups is 1. The molecule has 1 heterocycles. The minimum Gasteiger partial charge on any atom is -0.550 e. The van der Waals surface area contributed by atoms with Gasteiger partial charge in [-0.05, 0) is 19.8 Å². The van der Waals surface area contributed by atoms with Crippen molar-refractivity contribution >= 4 is 5.97 Å². The van der Waals surface area contributed by atoms with Gasteiger partial charge in [0.05, 0.1) is 26.7 Å². The number of aliphatic carboxylic acids is 1. The van der Waals surface area contributed by atoms with Crippen LogP contribution in [0, 0.1) is 0 Å². The van der Waals surface area contributed by atoms with Gasteiger partial charge < -0.3 is 19.5 Å². The first-order valence-electron chi connectivity index (χ1n) is 5.62. The third kappa shape index (κ3) is 8.39. The van der Waals surface area contributed by atoms with Gasteiger partial charge in [0.1, 0.15) is 0 Å². The first-order chi connectivity index (χ1) is 7.00. The summed E-state index contributed by atoms with van der Waals surface area (Å²) in [6.07, 6.45) is 4.96. The molecule has 1 saturated heterocycles. The minimum atomic E-state index is -1.08. The fourth-order valence-electron chi connectivity index (χ4n) is 1.93. The number of nitrogens with zero attached hydrogens (tertiary/aromatic N) is 1. The summed E-state index contributed by atoms with van der Waals surface area (Å²) < 4.78 is 1.25. The van der Waals surface area contributed by atoms with Crippen LogP contribution in [0.5, 0.6) is 0 Å². The molecule has 90 valence electrons. The quantitative estimate of drug-likeness (QED) is 0.522. The summed E-state index contributed by atoms with van der Waals surface area (Å²) in [6, 6.07) is 0. The van der Waals surface area contributed by atoms with Crippen LogP contribution >= 0.6 is 0 Å². The maximum absolute atomic E-state index is 8.89. The van der Waals surface area contributed by atoms with Crippen molar-refractivity contribution in [3.05, 3.63) is 0 Å². The van der Waals surface area contributed by atoms with E-state index in [1.807, 2.05) is 0 Å². The summed E-state index contributed by atoms with van der Waals surface area (Å²) in [5, 5.41) is 17.5. The average molecular weight is 217 g/mol. The largest absolute Gasteiger partial charge is 0.550 e. The van der Waals surface area contributed by atoms with E-state index in [9.17, 15) is 0 Å². The monoisotopic (exact) mass is 217 g/mol. The van der Waals surface area contributed by atoms with Gasteiger partial charge in [0.2, 0.25) is 0 Å². The number of hydrogen-bond donors (Lipinski definition) is 1. The van der Waals surface area contributed by atoms with E-state index in [0.717, 1.165) is 13.3 Å². The van der Waals surface area contributed by atoms with Gasteiger partial charge in [0.25, 0.3) is 0 Å². The molecule has 0 bridgehead atoms. The Labute approximate surface area is 92.1 Å². The van der Waals surface area contributed by atoms with Gasteiger partial charge in [-0.1, -0.05) is 0 Å². The first-order valence-corrected chi connectivity index (χ1v) is 5.62. The second kappa shape index (κ2) is 7.65. The molecule has 15 heavy (non-hydrogen) atoms. The molecule has 0 radical (unpaired) electrons. The fourth-order valence-corrected chi connectivity index (χ4v) is 1.93. The van der Waals surface area contributed by atoms with Crippen LogP contribution in [0.4, 0.5) is 0 Å². The topological polar surface area (TPSA) is 60.4 Å². The van der Waals surface area contributed by atoms with Crippen LogP contribution < -0.4 is 5.11 Å². The van der Waals surface area contributed by atoms with E-state index in [1.165, 1.54) is 43.4 Å². The first kappa shape index (κ1) is 14.4. The lowest BCUT2D eigenvalue weighted by Gasteiger charge is -2.28. The fraction of sp³-hybridized carbons (Fsp3) is 0.909. The molecule has 4 nitrogen and oxygen atoms in total. The standard InChI is InChI=1S/C9H20NO.C2H4O2/c1-10(6-2-3-7-10)8-4-5-9-11;1-2(3)4/h11H,2-9H2,1H3;1H3,(H,3,4)/q+1;/p-1. The summed E-state index contributed by atoms with van der Waals surface area (Å²) in [4.78, 5) is 8.89. The molecule has 0 atom stereocenters. The number of likely N-dealkylation sites (tertiary alicyclic amines) is 1. The lowest BCUT2D eigenvalue weighted by Crippen LogP contribution is -2.41. The Bertz CT molecular complexity index is 173. The molecule has 0 aromatic heterocycles. The number of aliphatic hydroxyl groups excluding tert-OH is 1. The molecule has 4 heteroatoms. The number of carboxylic acids is 1. The number of quaternary nitrogens is 1. The zero-order valence-corrected chi connectivity index (χ0v) is 9.87. The molecule has 1 fully saturated rings. The molecule has 0 amide bonds. The predicted octanol–water partition coefficient (Wildman–Crippen LogP) is -0.244. The highest BCUT2D eigenvalue weighted by molar-refractivity contribution is 5.60. The summed E-state index contributed by atoms with van der Waals surface area (Å²) >= 11 is 0. The number of hydrogen-bond acceptors (Lipinski definition) is 3. The van der Waals surface area contributed by atoms with Crippen LogP contribution in [-0.2, 0) is 4.79 Å². The minimum absolute atomic E-state index is 0.361. The average Bonchev–Trinajstić information content (AvgIpc) is 2.52. The SMILES string of the molecule is CC(=O)[O-].C[N+]1(CCCCO)CCCC1. The van der Waals surface area contributed by atoms with Gasteiger partial charge in [0.15, 0.2) is 0 Å². The highest BCUT2D eigenvalue weighted by Gasteiger charge is 2.25. The molecule has 1 rings (SSSR count). The van der Waals surface area contributed by atoms with Gasteiger partial charge in [-0.2, -0.15) is 0 Å². The van der Waals surface area contributed by atoms with Crippen molar-refractivity contribution in [2.75, 3.05) is 33.3 Å². The lowest BCUT2D eigenvalue weighted by molar-refractivity contribution is -0.897. The molecule has 1 N–H and O–H groups in total. The zero-order valence-electron chi connectivity index (χ0n) is 9.87. The van der Waals surface area contributed by atoms with Crippen LogP contribution in [-0.4, -0.2) is 48.8 Å². The Hall–Kier alpha value is -0.610. The van der Waals surface area contributed by atoms with E-state index in [0.29, 0.717) is 6.61 Å². The molecule has 0 saturated carbocycles. The smallest absolute Gasteiger partial charge is 0.0786 e. The zero-order chi connectivity index (χ0) is 11.7. The van der Waals surface area contributed by atoms with Crippen molar-refractivity contribution in [1.82, 2.24) is 0 Å². The van der Waals surface area contributed by atoms with E-state index in [2.05, 4.69) is 7.05 Å². The Morgan fingerprint density at radius 3 is 2.20 bits per heavy atom. The Balaban J connectivity index is 0.000000423. The molecule has 0 unspecified atom stereocenters. The second-order valence-electron chi connectivity index (χ2n) is 4.42. The van der Waals surface area contributed by atoms with Crippen molar-refractivity contribution in [3.8, 4) is 0 Å². The Kier molecular flexibility index (Phi) is 7.34. The number of rotatable bonds is 4. The van der Waals surface area contributed by atoms with Crippen LogP contribution in [0.2, 0.25) is 0 Å². The van der Waals surface area contributed by atoms with Gasteiger partial charge in [-0.3, -0.25) is 0 Å². The molecule has 0 aliphatic carbocycles. The van der Waals surface area contributed by atoms with E-state index in [-0.39, 0.29) is 0 Å². The molecule has 0 aromatic carbocycles. The number of carboxylic acid groups (broad SMARTS) is 1. The second-order valence-corrected chi connectivity index (χ2v) is 4.42. The molecular weight excluding hydrogens is 194 g/mol. The number of unbranched alkanes of at least 4 members (excludes halogenated alkanes) is 1. The van der Waals surface area contributed by atoms with Gasteiger partial charge in [0, 0.05) is 25.4 Å². The van der Waals surface area contributed by atoms with Crippen LogP contribution in [0.3, 0.4) is 0 Å². The van der Waals surface area contributed by atoms with Gasteiger partial charge >= 0.3 is 0 Å². The highest BCUT2D eigenvalue weighted by atomic mass is 16.4. The van der Waals surface area contributed by atoms with Crippen LogP contribution in [0.15, 0.2) is 0 Å². The molecule has 0 spiro atoms. The summed E-state index contributed by atoms with van der Waals surface area (Å²) in [5.41, 5.74) is 0. The van der Waals surface area contributed by atoms with Crippen LogP contribution in [0.1, 0.15) is 32.6 Å². The Morgan fingerprint density at radius 1 is 1.33 bits per heavy atom. The normalized spacial score (nSPS) is 18.1. The number of carbonyl (C=O) groups excluding carboxylic acids is 1. The highest BCUT2D eigenvalue weighted by Crippen LogP contribution is 2.16. The van der Waals surface area contributed by atoms with Gasteiger partial charge in [-0.25, -0.2) is 0 Å². The van der Waals surface area contributed by atoms with Crippen molar-refractivity contribution in [3.63, 3.8) is 0 Å². The summed E-state index contributed by atoms with van der Waals surface area (Å²) in [7, 11) is 2.34. The van der Waals surface area contributed by atoms with Crippen molar-refractivity contribution < 1.29 is 19.5 Å². The van der Waals surface area contributed by atoms with Crippen molar-refractivity contribution in [2.24, 2.45) is 0 Å². The van der Waals surface area contributed by atoms with E-state index >= 15 is 0 Å². The van der Waals surface area contributed by atoms with Crippen molar-refractivity contribution in [2.45, 2.75) is 32.6 Å². The lowest BCUT2D eigenvalue weighted by atomic mass is 10.3. The van der Waals surface area contributed by atoms with E-state index in [1.54, 1.807) is 0 Å². The molecule has 1 aliphatic heterocycles. The molecule has 0 aromatic rings. The van der Waals surface area contributed by atoms with E-state index < -0.39 is 5.97 Å². The Morgan fingerprint density at radius 2 is 1.80 bits per heavy atom. The molecular formula is C11H23NO3. The van der Waals surface area contributed by atoms with Gasteiger partial charge in [-0.15, -0.1) is 0 Å². The third-order valence-electron chi connectivity index (χ3n) is 2.75. The summed E-state index contributed by atoms with van der Waals surface area (Å²) in [5.74, 6) is -1.08. The number of carbonyl (C=O) groups is 1. The molecule has 1 aliphatic rings. The predicted molar refractivity (Wildman–Crippen MR) is 57.0 cm³/mol. The summed E-state index contributed by atoms with van der Waals surface area (Å²) in [6.45, 7) is 5.30. The third-order valence-corrected chi connectivity index (χ3v) is 2.75. The van der Waals surface area contributed by atoms with E-state index in [4.69, 9.17) is 15.0 Å². The van der Waals surface area contributed by atoms with Crippen LogP contribution in [0.25, 0.3) is 0 Å². The maximum Gasteiger partial charge on any atom is 0.0786 e. The maximum atomic E-state index is 8.89.